The fourth-order valence-corrected chi connectivity index (χ4v) is 6.01. The van der Waals surface area contributed by atoms with Crippen molar-refractivity contribution >= 4 is 53.3 Å². The van der Waals surface area contributed by atoms with E-state index in [0.717, 1.165) is 41.2 Å². The molecule has 4 nitrogen and oxygen atoms in total. The van der Waals surface area contributed by atoms with Gasteiger partial charge in [0.25, 0.3) is 0 Å². The lowest BCUT2D eigenvalue weighted by Crippen LogP contribution is -2.52. The highest BCUT2D eigenvalue weighted by Crippen LogP contribution is 2.42. The molecular weight excluding hydrogens is 447 g/mol. The Morgan fingerprint density at radius 2 is 1.58 bits per heavy atom. The Labute approximate surface area is 195 Å². The zero-order valence-electron chi connectivity index (χ0n) is 18.9. The quantitative estimate of drug-likeness (QED) is 0.409. The number of aliphatic hydroxyl groups is 1. The van der Waals surface area contributed by atoms with Crippen LogP contribution in [0.1, 0.15) is 39.7 Å². The van der Waals surface area contributed by atoms with Crippen LogP contribution >= 0.6 is 23.2 Å². The summed E-state index contributed by atoms with van der Waals surface area (Å²) in [6.45, 7) is 11.9. The van der Waals surface area contributed by atoms with E-state index in [0.29, 0.717) is 10.0 Å². The van der Waals surface area contributed by atoms with Gasteiger partial charge in [-0.1, -0.05) is 44.0 Å². The lowest BCUT2D eigenvalue weighted by Gasteiger charge is -2.42. The van der Waals surface area contributed by atoms with Crippen LogP contribution in [0.5, 0.6) is 0 Å². The van der Waals surface area contributed by atoms with Crippen LogP contribution in [0.4, 0.5) is 0 Å². The van der Waals surface area contributed by atoms with Gasteiger partial charge >= 0.3 is 0 Å². The van der Waals surface area contributed by atoms with E-state index in [1.807, 2.05) is 24.3 Å². The minimum atomic E-state index is -2.12. The monoisotopic (exact) mass is 478 g/mol. The van der Waals surface area contributed by atoms with Crippen LogP contribution in [-0.2, 0) is 4.43 Å². The molecule has 2 heterocycles. The average molecular weight is 480 g/mol. The fourth-order valence-electron chi connectivity index (χ4n) is 4.34. The van der Waals surface area contributed by atoms with Gasteiger partial charge in [-0.15, -0.1) is 0 Å². The summed E-state index contributed by atoms with van der Waals surface area (Å²) >= 11 is 12.7. The molecule has 0 saturated carbocycles. The zero-order chi connectivity index (χ0) is 22.6. The van der Waals surface area contributed by atoms with E-state index in [9.17, 15) is 5.11 Å². The molecule has 0 radical (unpaired) electrons. The molecule has 0 aliphatic carbocycles. The van der Waals surface area contributed by atoms with Gasteiger partial charge in [-0.25, -0.2) is 0 Å². The molecular formula is C24H32Cl2N2O2Si. The molecule has 31 heavy (non-hydrogen) atoms. The summed E-state index contributed by atoms with van der Waals surface area (Å²) in [7, 11) is -2.12. The number of fused-ring (bicyclic) bond motifs is 3. The van der Waals surface area contributed by atoms with Crippen LogP contribution in [0.2, 0.25) is 28.2 Å². The van der Waals surface area contributed by atoms with Crippen molar-refractivity contribution in [3.63, 3.8) is 0 Å². The van der Waals surface area contributed by atoms with E-state index < -0.39 is 14.5 Å². The summed E-state index contributed by atoms with van der Waals surface area (Å²) in [5.41, 5.74) is 2.18. The van der Waals surface area contributed by atoms with Gasteiger partial charge in [-0.3, -0.25) is 5.32 Å². The number of aliphatic hydroxyl groups excluding tert-OH is 1. The maximum Gasteiger partial charge on any atom is 0.192 e. The molecule has 3 atom stereocenters. The highest BCUT2D eigenvalue weighted by molar-refractivity contribution is 6.74. The van der Waals surface area contributed by atoms with E-state index in [1.165, 1.54) is 0 Å². The Kier molecular flexibility index (Phi) is 6.23. The number of rotatable bonds is 3. The maximum atomic E-state index is 11.1. The predicted octanol–water partition coefficient (Wildman–Crippen LogP) is 6.73. The first kappa shape index (κ1) is 23.1. The van der Waals surface area contributed by atoms with Crippen LogP contribution in [0, 0.1) is 0 Å². The lowest BCUT2D eigenvalue weighted by atomic mass is 10.1. The zero-order valence-corrected chi connectivity index (χ0v) is 21.4. The molecule has 3 aromatic rings. The first-order valence-electron chi connectivity index (χ1n) is 11.0. The Morgan fingerprint density at radius 1 is 1.03 bits per heavy atom. The van der Waals surface area contributed by atoms with Gasteiger partial charge < -0.3 is 14.1 Å². The molecule has 168 valence electrons. The number of hydrogen-bond acceptors (Lipinski definition) is 3. The Balaban J connectivity index is 1.92. The smallest absolute Gasteiger partial charge is 0.192 e. The molecule has 1 saturated heterocycles. The SMILES string of the molecule is CC(C)(C)[Si](C)(C)O[C@H]1C(O)NCCC[C@H]1n1c2ccc(Cl)cc2c2cc(Cl)ccc21. The second kappa shape index (κ2) is 8.36. The minimum Gasteiger partial charge on any atom is -0.408 e. The first-order chi connectivity index (χ1) is 14.5. The second-order valence-electron chi connectivity index (χ2n) is 10.1. The molecule has 7 heteroatoms. The highest BCUT2D eigenvalue weighted by Gasteiger charge is 2.44. The molecule has 1 aliphatic heterocycles. The summed E-state index contributed by atoms with van der Waals surface area (Å²) in [5.74, 6) is 0. The first-order valence-corrected chi connectivity index (χ1v) is 14.6. The number of nitrogens with one attached hydrogen (secondary N) is 1. The van der Waals surface area contributed by atoms with Gasteiger partial charge in [0.1, 0.15) is 12.3 Å². The van der Waals surface area contributed by atoms with E-state index in [1.54, 1.807) is 0 Å². The van der Waals surface area contributed by atoms with Crippen LogP contribution in [0.3, 0.4) is 0 Å². The molecule has 1 aromatic heterocycles. The van der Waals surface area contributed by atoms with Gasteiger partial charge in [-0.2, -0.15) is 0 Å². The lowest BCUT2D eigenvalue weighted by molar-refractivity contribution is -0.0133. The molecule has 0 spiro atoms. The highest BCUT2D eigenvalue weighted by atomic mass is 35.5. The maximum absolute atomic E-state index is 11.1. The van der Waals surface area contributed by atoms with Crippen molar-refractivity contribution in [2.75, 3.05) is 6.54 Å². The minimum absolute atomic E-state index is 0.0125. The standard InChI is InChI=1S/C24H32Cl2N2O2Si/c1-24(2,3)31(4,5)30-22-21(7-6-12-27-23(22)29)28-19-10-8-15(25)13-17(19)18-14-16(26)9-11-20(18)28/h8-11,13-14,21-23,27,29H,6-7,12H2,1-5H3/t21-,22-,23?/m1/s1. The predicted molar refractivity (Wildman–Crippen MR) is 134 cm³/mol. The normalized spacial score (nSPS) is 23.4. The van der Waals surface area contributed by atoms with Crippen LogP contribution < -0.4 is 5.32 Å². The van der Waals surface area contributed by atoms with E-state index in [4.69, 9.17) is 27.6 Å². The van der Waals surface area contributed by atoms with Gasteiger partial charge in [0, 0.05) is 31.9 Å². The van der Waals surface area contributed by atoms with Crippen molar-refractivity contribution in [2.24, 2.45) is 0 Å². The summed E-state index contributed by atoms with van der Waals surface area (Å²) in [4.78, 5) is 0. The molecule has 1 unspecified atom stereocenters. The fraction of sp³-hybridized carbons (Fsp3) is 0.500. The van der Waals surface area contributed by atoms with Gasteiger partial charge in [0.05, 0.1) is 6.04 Å². The molecule has 0 bridgehead atoms. The van der Waals surface area contributed by atoms with Crippen molar-refractivity contribution in [1.82, 2.24) is 9.88 Å². The third kappa shape index (κ3) is 4.29. The molecule has 2 N–H and O–H groups in total. The number of halogens is 2. The molecule has 0 amide bonds. The van der Waals surface area contributed by atoms with Gasteiger partial charge in [0.15, 0.2) is 8.32 Å². The Bertz CT molecular complexity index is 1050. The summed E-state index contributed by atoms with van der Waals surface area (Å²) in [6, 6.07) is 12.0. The van der Waals surface area contributed by atoms with Gasteiger partial charge in [-0.05, 0) is 73.9 Å². The van der Waals surface area contributed by atoms with Crippen molar-refractivity contribution in [3.05, 3.63) is 46.4 Å². The van der Waals surface area contributed by atoms with Crippen molar-refractivity contribution in [1.29, 1.82) is 0 Å². The summed E-state index contributed by atoms with van der Waals surface area (Å²) < 4.78 is 9.21. The summed E-state index contributed by atoms with van der Waals surface area (Å²) in [6.07, 6.45) is 0.789. The van der Waals surface area contributed by atoms with Crippen molar-refractivity contribution < 1.29 is 9.53 Å². The van der Waals surface area contributed by atoms with Crippen molar-refractivity contribution in [3.8, 4) is 0 Å². The third-order valence-electron chi connectivity index (χ3n) is 7.02. The number of aromatic nitrogens is 1. The number of hydrogen-bond donors (Lipinski definition) is 2. The molecule has 1 aliphatic rings. The topological polar surface area (TPSA) is 46.4 Å². The molecule has 1 fully saturated rings. The summed E-state index contributed by atoms with van der Waals surface area (Å²) in [5, 5.41) is 18.0. The number of benzene rings is 2. The second-order valence-corrected chi connectivity index (χ2v) is 15.8. The van der Waals surface area contributed by atoms with Crippen LogP contribution in [0.15, 0.2) is 36.4 Å². The Hall–Kier alpha value is -1.08. The molecule has 4 rings (SSSR count). The van der Waals surface area contributed by atoms with Crippen LogP contribution in [0.25, 0.3) is 21.8 Å². The largest absolute Gasteiger partial charge is 0.408 e. The number of nitrogens with zero attached hydrogens (tertiary/aromatic N) is 1. The van der Waals surface area contributed by atoms with Crippen LogP contribution in [-0.4, -0.2) is 36.9 Å². The van der Waals surface area contributed by atoms with E-state index in [-0.39, 0.29) is 17.2 Å². The van der Waals surface area contributed by atoms with E-state index >= 15 is 0 Å². The van der Waals surface area contributed by atoms with E-state index in [2.05, 4.69) is 55.9 Å². The average Bonchev–Trinajstić information content (AvgIpc) is 2.87. The van der Waals surface area contributed by atoms with Gasteiger partial charge in [0.2, 0.25) is 0 Å². The Morgan fingerprint density at radius 3 is 2.10 bits per heavy atom. The molecule has 2 aromatic carbocycles. The van der Waals surface area contributed by atoms with Crippen molar-refractivity contribution in [2.45, 2.75) is 70.1 Å². The third-order valence-corrected chi connectivity index (χ3v) is 12.0.